The minimum absolute atomic E-state index is 0.0792. The summed E-state index contributed by atoms with van der Waals surface area (Å²) < 4.78 is 10.7. The fourth-order valence-corrected chi connectivity index (χ4v) is 6.02. The molecule has 186 valence electrons. The Kier molecular flexibility index (Phi) is 6.04. The van der Waals surface area contributed by atoms with Gasteiger partial charge in [-0.1, -0.05) is 26.8 Å². The van der Waals surface area contributed by atoms with Crippen molar-refractivity contribution < 1.29 is 14.3 Å². The molecule has 1 aromatic heterocycles. The molecule has 1 amide bonds. The van der Waals surface area contributed by atoms with Crippen LogP contribution in [0.1, 0.15) is 60.2 Å². The van der Waals surface area contributed by atoms with E-state index in [1.54, 1.807) is 32.4 Å². The lowest BCUT2D eigenvalue weighted by Crippen LogP contribution is -2.50. The van der Waals surface area contributed by atoms with Gasteiger partial charge < -0.3 is 24.7 Å². The van der Waals surface area contributed by atoms with Gasteiger partial charge in [-0.3, -0.25) is 4.79 Å². The molecule has 6 heteroatoms. The lowest BCUT2D eigenvalue weighted by molar-refractivity contribution is 0.0890. The minimum Gasteiger partial charge on any atom is -0.493 e. The Morgan fingerprint density at radius 3 is 2.63 bits per heavy atom. The van der Waals surface area contributed by atoms with Crippen molar-refractivity contribution in [3.63, 3.8) is 0 Å². The highest BCUT2D eigenvalue weighted by Gasteiger charge is 2.40. The summed E-state index contributed by atoms with van der Waals surface area (Å²) in [6.07, 6.45) is 4.36. The number of likely N-dealkylation sites (tertiary alicyclic amines) is 1. The molecule has 0 radical (unpaired) electrons. The Morgan fingerprint density at radius 2 is 1.91 bits per heavy atom. The Morgan fingerprint density at radius 1 is 1.14 bits per heavy atom. The summed E-state index contributed by atoms with van der Waals surface area (Å²) in [5.74, 6) is 1.95. The Labute approximate surface area is 208 Å². The fourth-order valence-electron chi connectivity index (χ4n) is 6.02. The van der Waals surface area contributed by atoms with Crippen LogP contribution in [0.4, 0.5) is 0 Å². The standard InChI is InChI=1S/C29H37N3O3/c1-29(2,3)20-12-22-21-9-17(14-31-28(33)18-7-8-25(34-5)26(11-18)35-6)16-32(4)24(21)10-19-15-30-23(13-20)27(19)22/h7-8,11-13,15,17,21,24,30H,9-10,14,16H2,1-6H3,(H,31,33)/t17-,21?,24+/m0/s1. The van der Waals surface area contributed by atoms with Crippen molar-refractivity contribution in [3.05, 3.63) is 58.8 Å². The monoisotopic (exact) mass is 475 g/mol. The van der Waals surface area contributed by atoms with E-state index in [1.165, 1.54) is 27.6 Å². The number of benzene rings is 2. The number of hydrogen-bond donors (Lipinski definition) is 2. The Balaban J connectivity index is 1.36. The lowest BCUT2D eigenvalue weighted by Gasteiger charge is -2.46. The van der Waals surface area contributed by atoms with Crippen LogP contribution in [0.15, 0.2) is 36.5 Å². The van der Waals surface area contributed by atoms with Crippen LogP contribution in [0.5, 0.6) is 11.5 Å². The zero-order chi connectivity index (χ0) is 24.9. The number of aromatic amines is 1. The van der Waals surface area contributed by atoms with Crippen LogP contribution in [0.2, 0.25) is 0 Å². The summed E-state index contributed by atoms with van der Waals surface area (Å²) in [6, 6.07) is 10.6. The third-order valence-electron chi connectivity index (χ3n) is 7.95. The van der Waals surface area contributed by atoms with Crippen molar-refractivity contribution in [3.8, 4) is 11.5 Å². The van der Waals surface area contributed by atoms with E-state index in [-0.39, 0.29) is 11.3 Å². The number of fused-ring (bicyclic) bond motifs is 2. The van der Waals surface area contributed by atoms with Gasteiger partial charge in [-0.2, -0.15) is 0 Å². The Bertz CT molecular complexity index is 1260. The van der Waals surface area contributed by atoms with Gasteiger partial charge in [0.05, 0.1) is 14.2 Å². The van der Waals surface area contributed by atoms with E-state index in [9.17, 15) is 4.79 Å². The van der Waals surface area contributed by atoms with E-state index in [1.807, 2.05) is 0 Å². The van der Waals surface area contributed by atoms with E-state index in [2.05, 4.69) is 61.3 Å². The van der Waals surface area contributed by atoms with Crippen molar-refractivity contribution in [1.29, 1.82) is 0 Å². The number of aromatic nitrogens is 1. The van der Waals surface area contributed by atoms with Crippen molar-refractivity contribution >= 4 is 16.8 Å². The highest BCUT2D eigenvalue weighted by atomic mass is 16.5. The molecule has 0 saturated carbocycles. The van der Waals surface area contributed by atoms with Crippen molar-refractivity contribution in [2.45, 2.75) is 51.0 Å². The maximum Gasteiger partial charge on any atom is 0.251 e. The molecule has 6 nitrogen and oxygen atoms in total. The number of amides is 1. The summed E-state index contributed by atoms with van der Waals surface area (Å²) in [4.78, 5) is 19.0. The van der Waals surface area contributed by atoms with Gasteiger partial charge in [0.2, 0.25) is 0 Å². The van der Waals surface area contributed by atoms with Gasteiger partial charge in [-0.15, -0.1) is 0 Å². The molecule has 2 heterocycles. The second kappa shape index (κ2) is 8.90. The molecular formula is C29H37N3O3. The molecule has 2 aromatic carbocycles. The summed E-state index contributed by atoms with van der Waals surface area (Å²) in [5.41, 5.74) is 6.22. The largest absolute Gasteiger partial charge is 0.493 e. The SMILES string of the molecule is COc1ccc(C(=O)NC[C@@H]2CC3c4cc(C(C)(C)C)cc5[nH]cc(c45)C[C@H]3N(C)C2)cc1OC. The van der Waals surface area contributed by atoms with E-state index < -0.39 is 0 Å². The number of ether oxygens (including phenoxy) is 2. The molecule has 5 rings (SSSR count). The first kappa shape index (κ1) is 23.7. The van der Waals surface area contributed by atoms with Crippen LogP contribution in [-0.2, 0) is 11.8 Å². The zero-order valence-electron chi connectivity index (χ0n) is 21.7. The highest BCUT2D eigenvalue weighted by Crippen LogP contribution is 2.45. The average molecular weight is 476 g/mol. The summed E-state index contributed by atoms with van der Waals surface area (Å²) in [5, 5.41) is 4.60. The molecule has 1 fully saturated rings. The molecule has 0 bridgehead atoms. The number of methoxy groups -OCH3 is 2. The van der Waals surface area contributed by atoms with Crippen LogP contribution >= 0.6 is 0 Å². The van der Waals surface area contributed by atoms with Gasteiger partial charge in [-0.25, -0.2) is 0 Å². The maximum atomic E-state index is 12.9. The molecule has 1 saturated heterocycles. The fraction of sp³-hybridized carbons (Fsp3) is 0.483. The first-order chi connectivity index (χ1) is 16.7. The first-order valence-electron chi connectivity index (χ1n) is 12.5. The number of hydrogen-bond acceptors (Lipinski definition) is 4. The lowest BCUT2D eigenvalue weighted by atomic mass is 9.71. The maximum absolute atomic E-state index is 12.9. The quantitative estimate of drug-likeness (QED) is 0.552. The molecule has 0 spiro atoms. The van der Waals surface area contributed by atoms with Crippen molar-refractivity contribution in [2.24, 2.45) is 5.92 Å². The van der Waals surface area contributed by atoms with E-state index in [4.69, 9.17) is 9.47 Å². The molecule has 1 unspecified atom stereocenters. The molecule has 1 aliphatic heterocycles. The number of nitrogens with zero attached hydrogens (tertiary/aromatic N) is 1. The van der Waals surface area contributed by atoms with Crippen molar-refractivity contribution in [1.82, 2.24) is 15.2 Å². The van der Waals surface area contributed by atoms with Crippen LogP contribution in [0, 0.1) is 5.92 Å². The van der Waals surface area contributed by atoms with Crippen molar-refractivity contribution in [2.75, 3.05) is 34.4 Å². The van der Waals surface area contributed by atoms with Gasteiger partial charge >= 0.3 is 0 Å². The van der Waals surface area contributed by atoms with Crippen LogP contribution < -0.4 is 14.8 Å². The second-order valence-corrected chi connectivity index (χ2v) is 11.3. The van der Waals surface area contributed by atoms with Crippen LogP contribution in [0.3, 0.4) is 0 Å². The smallest absolute Gasteiger partial charge is 0.251 e. The minimum atomic E-state index is -0.0792. The molecular weight excluding hydrogens is 438 g/mol. The van der Waals surface area contributed by atoms with E-state index >= 15 is 0 Å². The Hall–Kier alpha value is -2.99. The summed E-state index contributed by atoms with van der Waals surface area (Å²) in [6.45, 7) is 8.48. The normalized spacial score (nSPS) is 22.1. The zero-order valence-corrected chi connectivity index (χ0v) is 21.7. The van der Waals surface area contributed by atoms with E-state index in [0.717, 1.165) is 19.4 Å². The number of carbonyl (C=O) groups excluding carboxylic acids is 1. The predicted molar refractivity (Wildman–Crippen MR) is 140 cm³/mol. The second-order valence-electron chi connectivity index (χ2n) is 11.3. The number of nitrogens with one attached hydrogen (secondary N) is 2. The number of H-pyrrole nitrogens is 1. The topological polar surface area (TPSA) is 66.6 Å². The molecule has 3 aromatic rings. The molecule has 2 aliphatic rings. The number of rotatable bonds is 5. The average Bonchev–Trinajstić information content (AvgIpc) is 3.25. The summed E-state index contributed by atoms with van der Waals surface area (Å²) >= 11 is 0. The van der Waals surface area contributed by atoms with Gasteiger partial charge in [0.15, 0.2) is 11.5 Å². The van der Waals surface area contributed by atoms with Gasteiger partial charge in [-0.05, 0) is 72.2 Å². The van der Waals surface area contributed by atoms with E-state index in [0.29, 0.717) is 41.5 Å². The third kappa shape index (κ3) is 4.29. The molecule has 1 aliphatic carbocycles. The van der Waals surface area contributed by atoms with Gasteiger partial charge in [0.1, 0.15) is 0 Å². The third-order valence-corrected chi connectivity index (χ3v) is 7.95. The number of carbonyl (C=O) groups is 1. The molecule has 2 N–H and O–H groups in total. The van der Waals surface area contributed by atoms with Crippen LogP contribution in [0.25, 0.3) is 10.9 Å². The predicted octanol–water partition coefficient (Wildman–Crippen LogP) is 4.87. The highest BCUT2D eigenvalue weighted by molar-refractivity contribution is 5.95. The molecule has 3 atom stereocenters. The number of likely N-dealkylation sites (N-methyl/N-ethyl adjacent to an activating group) is 1. The summed E-state index contributed by atoms with van der Waals surface area (Å²) in [7, 11) is 5.42. The van der Waals surface area contributed by atoms with Gasteiger partial charge in [0, 0.05) is 47.7 Å². The van der Waals surface area contributed by atoms with Gasteiger partial charge in [0.25, 0.3) is 5.91 Å². The first-order valence-corrected chi connectivity index (χ1v) is 12.5. The molecule has 35 heavy (non-hydrogen) atoms. The number of piperidine rings is 1. The van der Waals surface area contributed by atoms with Crippen LogP contribution in [-0.4, -0.2) is 56.2 Å².